The van der Waals surface area contributed by atoms with E-state index in [9.17, 15) is 4.39 Å². The third-order valence-electron chi connectivity index (χ3n) is 1.75. The van der Waals surface area contributed by atoms with Gasteiger partial charge in [-0.1, -0.05) is 0 Å². The van der Waals surface area contributed by atoms with Crippen molar-refractivity contribution in [1.29, 1.82) is 0 Å². The van der Waals surface area contributed by atoms with Gasteiger partial charge >= 0.3 is 0 Å². The van der Waals surface area contributed by atoms with Crippen molar-refractivity contribution in [2.75, 3.05) is 0 Å². The minimum atomic E-state index is -0.436. The summed E-state index contributed by atoms with van der Waals surface area (Å²) in [5.74, 6) is 0.0527. The summed E-state index contributed by atoms with van der Waals surface area (Å²) in [6, 6.07) is 1.90. The molecule has 0 amide bonds. The molecule has 0 unspecified atom stereocenters. The number of rotatable bonds is 1. The van der Waals surface area contributed by atoms with E-state index in [2.05, 4.69) is 15.0 Å². The second-order valence-electron chi connectivity index (χ2n) is 2.98. The lowest BCUT2D eigenvalue weighted by Gasteiger charge is -1.99. The molecule has 2 aromatic heterocycles. The van der Waals surface area contributed by atoms with Crippen LogP contribution < -0.4 is 0 Å². The average Bonchev–Trinajstić information content (AvgIpc) is 2.19. The van der Waals surface area contributed by atoms with Crippen molar-refractivity contribution in [2.45, 2.75) is 6.92 Å². The standard InChI is InChI=1S/C10H8FN3/c1-7-2-8(4-12-3-7)10-13-5-9(11)6-14-10/h2-6H,1H3. The number of aryl methyl sites for hydroxylation is 1. The summed E-state index contributed by atoms with van der Waals surface area (Å²) in [5, 5.41) is 0. The maximum absolute atomic E-state index is 12.5. The maximum atomic E-state index is 12.5. The van der Waals surface area contributed by atoms with Gasteiger partial charge in [-0.25, -0.2) is 14.4 Å². The van der Waals surface area contributed by atoms with Crippen LogP contribution in [0.15, 0.2) is 30.9 Å². The first-order valence-corrected chi connectivity index (χ1v) is 4.15. The Morgan fingerprint density at radius 1 is 1.07 bits per heavy atom. The molecule has 0 atom stereocenters. The molecule has 0 spiro atoms. The molecule has 0 saturated heterocycles. The van der Waals surface area contributed by atoms with E-state index >= 15 is 0 Å². The summed E-state index contributed by atoms with van der Waals surface area (Å²) >= 11 is 0. The van der Waals surface area contributed by atoms with Crippen LogP contribution in [0.25, 0.3) is 11.4 Å². The van der Waals surface area contributed by atoms with Gasteiger partial charge in [0.15, 0.2) is 11.6 Å². The van der Waals surface area contributed by atoms with Crippen molar-refractivity contribution >= 4 is 0 Å². The summed E-state index contributed by atoms with van der Waals surface area (Å²) < 4.78 is 12.5. The van der Waals surface area contributed by atoms with Crippen molar-refractivity contribution in [3.8, 4) is 11.4 Å². The number of aromatic nitrogens is 3. The SMILES string of the molecule is Cc1cncc(-c2ncc(F)cn2)c1. The second-order valence-corrected chi connectivity index (χ2v) is 2.98. The lowest BCUT2D eigenvalue weighted by Crippen LogP contribution is -1.90. The van der Waals surface area contributed by atoms with Crippen molar-refractivity contribution < 1.29 is 4.39 Å². The third-order valence-corrected chi connectivity index (χ3v) is 1.75. The van der Waals surface area contributed by atoms with Crippen LogP contribution in [-0.4, -0.2) is 15.0 Å². The Labute approximate surface area is 80.7 Å². The number of pyridine rings is 1. The summed E-state index contributed by atoms with van der Waals surface area (Å²) in [6.45, 7) is 1.93. The van der Waals surface area contributed by atoms with Crippen LogP contribution in [0.5, 0.6) is 0 Å². The molecule has 0 aromatic carbocycles. The number of nitrogens with zero attached hydrogens (tertiary/aromatic N) is 3. The molecule has 2 heterocycles. The lowest BCUT2D eigenvalue weighted by molar-refractivity contribution is 0.614. The lowest BCUT2D eigenvalue weighted by atomic mass is 10.2. The van der Waals surface area contributed by atoms with E-state index in [-0.39, 0.29) is 0 Å². The average molecular weight is 189 g/mol. The predicted octanol–water partition coefficient (Wildman–Crippen LogP) is 1.99. The van der Waals surface area contributed by atoms with E-state index in [1.807, 2.05) is 13.0 Å². The minimum absolute atomic E-state index is 0.436. The summed E-state index contributed by atoms with van der Waals surface area (Å²) in [5.41, 5.74) is 1.82. The van der Waals surface area contributed by atoms with Crippen molar-refractivity contribution in [3.63, 3.8) is 0 Å². The molecule has 0 N–H and O–H groups in total. The molecule has 3 nitrogen and oxygen atoms in total. The maximum Gasteiger partial charge on any atom is 0.160 e. The summed E-state index contributed by atoms with van der Waals surface area (Å²) in [4.78, 5) is 11.7. The molecule has 14 heavy (non-hydrogen) atoms. The fourth-order valence-electron chi connectivity index (χ4n) is 1.14. The van der Waals surface area contributed by atoms with Gasteiger partial charge in [-0.05, 0) is 18.6 Å². The van der Waals surface area contributed by atoms with Gasteiger partial charge in [0.05, 0.1) is 12.4 Å². The molecule has 0 fully saturated rings. The normalized spacial score (nSPS) is 10.1. The Morgan fingerprint density at radius 2 is 1.79 bits per heavy atom. The highest BCUT2D eigenvalue weighted by Gasteiger charge is 2.01. The fraction of sp³-hybridized carbons (Fsp3) is 0.100. The zero-order valence-electron chi connectivity index (χ0n) is 7.61. The van der Waals surface area contributed by atoms with Crippen LogP contribution in [0.1, 0.15) is 5.56 Å². The van der Waals surface area contributed by atoms with Crippen molar-refractivity contribution in [1.82, 2.24) is 15.0 Å². The van der Waals surface area contributed by atoms with Gasteiger partial charge in [0, 0.05) is 18.0 Å². The molecule has 0 aliphatic rings. The molecule has 2 aromatic rings. The molecular formula is C10H8FN3. The smallest absolute Gasteiger partial charge is 0.160 e. The highest BCUT2D eigenvalue weighted by atomic mass is 19.1. The van der Waals surface area contributed by atoms with E-state index in [1.165, 1.54) is 0 Å². The second kappa shape index (κ2) is 3.49. The molecule has 2 rings (SSSR count). The van der Waals surface area contributed by atoms with Crippen LogP contribution in [-0.2, 0) is 0 Å². The van der Waals surface area contributed by atoms with Crippen molar-refractivity contribution in [2.24, 2.45) is 0 Å². The Morgan fingerprint density at radius 3 is 2.43 bits per heavy atom. The van der Waals surface area contributed by atoms with Crippen LogP contribution in [0.3, 0.4) is 0 Å². The zero-order chi connectivity index (χ0) is 9.97. The first-order chi connectivity index (χ1) is 6.75. The van der Waals surface area contributed by atoms with Crippen molar-refractivity contribution in [3.05, 3.63) is 42.2 Å². The summed E-state index contributed by atoms with van der Waals surface area (Å²) in [6.07, 6.45) is 5.68. The van der Waals surface area contributed by atoms with E-state index in [4.69, 9.17) is 0 Å². The van der Waals surface area contributed by atoms with Gasteiger partial charge in [0.25, 0.3) is 0 Å². The third kappa shape index (κ3) is 1.74. The zero-order valence-corrected chi connectivity index (χ0v) is 7.61. The highest BCUT2D eigenvalue weighted by Crippen LogP contribution is 2.13. The van der Waals surface area contributed by atoms with Crippen LogP contribution in [0, 0.1) is 12.7 Å². The van der Waals surface area contributed by atoms with E-state index in [0.29, 0.717) is 5.82 Å². The van der Waals surface area contributed by atoms with E-state index in [0.717, 1.165) is 23.5 Å². The molecular weight excluding hydrogens is 181 g/mol. The first kappa shape index (κ1) is 8.74. The molecule has 0 bridgehead atoms. The Hall–Kier alpha value is -1.84. The van der Waals surface area contributed by atoms with E-state index < -0.39 is 5.82 Å². The minimum Gasteiger partial charge on any atom is -0.264 e. The molecule has 0 aliphatic carbocycles. The van der Waals surface area contributed by atoms with Gasteiger partial charge in [-0.3, -0.25) is 4.98 Å². The van der Waals surface area contributed by atoms with Crippen LogP contribution >= 0.6 is 0 Å². The van der Waals surface area contributed by atoms with Crippen LogP contribution in [0.4, 0.5) is 4.39 Å². The highest BCUT2D eigenvalue weighted by molar-refractivity contribution is 5.53. The van der Waals surface area contributed by atoms with Crippen LogP contribution in [0.2, 0.25) is 0 Å². The van der Waals surface area contributed by atoms with E-state index in [1.54, 1.807) is 12.4 Å². The van der Waals surface area contributed by atoms with Gasteiger partial charge in [0.2, 0.25) is 0 Å². The largest absolute Gasteiger partial charge is 0.264 e. The van der Waals surface area contributed by atoms with Gasteiger partial charge < -0.3 is 0 Å². The molecule has 70 valence electrons. The monoisotopic (exact) mass is 189 g/mol. The summed E-state index contributed by atoms with van der Waals surface area (Å²) in [7, 11) is 0. The molecule has 0 saturated carbocycles. The number of halogens is 1. The predicted molar refractivity (Wildman–Crippen MR) is 50.0 cm³/mol. The Balaban J connectivity index is 2.44. The van der Waals surface area contributed by atoms with Gasteiger partial charge in [-0.2, -0.15) is 0 Å². The topological polar surface area (TPSA) is 38.7 Å². The van der Waals surface area contributed by atoms with Gasteiger partial charge in [-0.15, -0.1) is 0 Å². The Bertz CT molecular complexity index is 439. The molecule has 0 aliphatic heterocycles. The number of hydrogen-bond acceptors (Lipinski definition) is 3. The number of hydrogen-bond donors (Lipinski definition) is 0. The van der Waals surface area contributed by atoms with Gasteiger partial charge in [0.1, 0.15) is 0 Å². The first-order valence-electron chi connectivity index (χ1n) is 4.15. The fourth-order valence-corrected chi connectivity index (χ4v) is 1.14. The molecule has 0 radical (unpaired) electrons. The molecule has 4 heteroatoms. The Kier molecular flexibility index (Phi) is 2.18. The quantitative estimate of drug-likeness (QED) is 0.688.